The minimum absolute atomic E-state index is 0.0198. The van der Waals surface area contributed by atoms with E-state index in [1.807, 2.05) is 26.0 Å². The van der Waals surface area contributed by atoms with Gasteiger partial charge in [0, 0.05) is 12.3 Å². The summed E-state index contributed by atoms with van der Waals surface area (Å²) in [4.78, 5) is 25.4. The summed E-state index contributed by atoms with van der Waals surface area (Å²) in [5.41, 5.74) is 1.32. The van der Waals surface area contributed by atoms with Crippen LogP contribution < -0.4 is 0 Å². The molecule has 5 nitrogen and oxygen atoms in total. The lowest BCUT2D eigenvalue weighted by Gasteiger charge is -2.59. The molecular weight excluding hydrogens is 404 g/mol. The third-order valence-corrected chi connectivity index (χ3v) is 7.96. The largest absolute Gasteiger partial charge is 0.481 e. The molecule has 2 aliphatic carbocycles. The van der Waals surface area contributed by atoms with Crippen LogP contribution >= 0.6 is 0 Å². The zero-order valence-corrected chi connectivity index (χ0v) is 19.5. The highest BCUT2D eigenvalue weighted by molar-refractivity contribution is 5.89. The topological polar surface area (TPSA) is 83.8 Å². The predicted octanol–water partition coefficient (Wildman–Crippen LogP) is 5.40. The first-order chi connectivity index (χ1) is 15.1. The molecule has 174 valence electrons. The van der Waals surface area contributed by atoms with Gasteiger partial charge in [-0.2, -0.15) is 0 Å². The third kappa shape index (κ3) is 4.54. The standard InChI is InChI=1S/C27H36O5/c1-18(13-16-28)11-12-21-19(2)17-22(32-24(29)20-9-6-5-7-10-20)23-26(21,3)14-8-15-27(23,4)25(30)31/h5-7,9-10,13,21-23,28H,2,8,11-12,14-17H2,1,3-4H3,(H,30,31)/b18-13+/t21-,22-,23?,26-,27-/m1/s1. The molecule has 1 aromatic rings. The van der Waals surface area contributed by atoms with Crippen LogP contribution in [0, 0.1) is 22.7 Å². The molecular formula is C27H36O5. The van der Waals surface area contributed by atoms with Gasteiger partial charge >= 0.3 is 11.9 Å². The molecule has 0 aliphatic heterocycles. The van der Waals surface area contributed by atoms with Crippen LogP contribution in [0.3, 0.4) is 0 Å². The van der Waals surface area contributed by atoms with Crippen LogP contribution in [0.1, 0.15) is 69.7 Å². The number of carboxylic acid groups (broad SMARTS) is 1. The Labute approximate surface area is 191 Å². The summed E-state index contributed by atoms with van der Waals surface area (Å²) in [7, 11) is 0. The van der Waals surface area contributed by atoms with Crippen LogP contribution in [0.25, 0.3) is 0 Å². The molecule has 2 N–H and O–H groups in total. The molecule has 3 rings (SSSR count). The van der Waals surface area contributed by atoms with Gasteiger partial charge in [0.25, 0.3) is 0 Å². The average molecular weight is 441 g/mol. The highest BCUT2D eigenvalue weighted by atomic mass is 16.5. The van der Waals surface area contributed by atoms with Crippen molar-refractivity contribution in [2.45, 2.75) is 65.4 Å². The van der Waals surface area contributed by atoms with E-state index in [1.165, 1.54) is 0 Å². The Kier molecular flexibility index (Phi) is 7.29. The number of hydrogen-bond donors (Lipinski definition) is 2. The van der Waals surface area contributed by atoms with Gasteiger partial charge in [-0.3, -0.25) is 4.79 Å². The minimum Gasteiger partial charge on any atom is -0.481 e. The van der Waals surface area contributed by atoms with Crippen molar-refractivity contribution in [2.75, 3.05) is 6.61 Å². The van der Waals surface area contributed by atoms with Gasteiger partial charge in [0.2, 0.25) is 0 Å². The fourth-order valence-electron chi connectivity index (χ4n) is 6.38. The molecule has 0 amide bonds. The van der Waals surface area contributed by atoms with E-state index in [0.29, 0.717) is 18.4 Å². The van der Waals surface area contributed by atoms with Gasteiger partial charge in [-0.15, -0.1) is 0 Å². The Morgan fingerprint density at radius 2 is 1.91 bits per heavy atom. The zero-order valence-electron chi connectivity index (χ0n) is 19.5. The lowest BCUT2D eigenvalue weighted by molar-refractivity contribution is -0.177. The number of fused-ring (bicyclic) bond motifs is 1. The molecule has 0 radical (unpaired) electrons. The van der Waals surface area contributed by atoms with E-state index in [2.05, 4.69) is 13.5 Å². The van der Waals surface area contributed by atoms with E-state index in [0.717, 1.165) is 36.8 Å². The second kappa shape index (κ2) is 9.62. The number of allylic oxidation sites excluding steroid dienone is 1. The Bertz CT molecular complexity index is 889. The van der Waals surface area contributed by atoms with Gasteiger partial charge < -0.3 is 14.9 Å². The highest BCUT2D eigenvalue weighted by Gasteiger charge is 2.61. The number of aliphatic carboxylic acids is 1. The Morgan fingerprint density at radius 3 is 2.53 bits per heavy atom. The highest BCUT2D eigenvalue weighted by Crippen LogP contribution is 2.62. The maximum Gasteiger partial charge on any atom is 0.338 e. The van der Waals surface area contributed by atoms with Gasteiger partial charge in [0.1, 0.15) is 6.10 Å². The van der Waals surface area contributed by atoms with Crippen molar-refractivity contribution in [3.05, 3.63) is 59.7 Å². The van der Waals surface area contributed by atoms with Gasteiger partial charge in [-0.25, -0.2) is 4.79 Å². The first kappa shape index (κ1) is 24.2. The van der Waals surface area contributed by atoms with Crippen molar-refractivity contribution in [2.24, 2.45) is 22.7 Å². The first-order valence-electron chi connectivity index (χ1n) is 11.6. The van der Waals surface area contributed by atoms with Gasteiger partial charge in [-0.1, -0.05) is 55.3 Å². The molecule has 1 unspecified atom stereocenters. The van der Waals surface area contributed by atoms with Crippen LogP contribution in [-0.4, -0.2) is 34.9 Å². The number of hydrogen-bond acceptors (Lipinski definition) is 4. The monoisotopic (exact) mass is 440 g/mol. The summed E-state index contributed by atoms with van der Waals surface area (Å²) >= 11 is 0. The fraction of sp³-hybridized carbons (Fsp3) is 0.556. The molecule has 0 saturated heterocycles. The number of aliphatic hydroxyl groups is 1. The third-order valence-electron chi connectivity index (χ3n) is 7.96. The normalized spacial score (nSPS) is 32.8. The summed E-state index contributed by atoms with van der Waals surface area (Å²) in [6.07, 6.45) is 5.73. The second-order valence-corrected chi connectivity index (χ2v) is 10.1. The summed E-state index contributed by atoms with van der Waals surface area (Å²) in [6.45, 7) is 10.4. The Hall–Kier alpha value is -2.40. The van der Waals surface area contributed by atoms with Gasteiger partial charge in [-0.05, 0) is 63.0 Å². The van der Waals surface area contributed by atoms with Crippen molar-refractivity contribution in [3.63, 3.8) is 0 Å². The van der Waals surface area contributed by atoms with Crippen LogP contribution in [0.2, 0.25) is 0 Å². The number of carbonyl (C=O) groups excluding carboxylic acids is 1. The maximum atomic E-state index is 12.9. The summed E-state index contributed by atoms with van der Waals surface area (Å²) in [5.74, 6) is -1.40. The van der Waals surface area contributed by atoms with E-state index in [1.54, 1.807) is 24.3 Å². The average Bonchev–Trinajstić information content (AvgIpc) is 2.73. The number of ether oxygens (including phenoxy) is 1. The second-order valence-electron chi connectivity index (χ2n) is 10.1. The molecule has 0 bridgehead atoms. The van der Waals surface area contributed by atoms with Crippen LogP contribution in [0.5, 0.6) is 0 Å². The van der Waals surface area contributed by atoms with Crippen LogP contribution in [0.15, 0.2) is 54.1 Å². The molecule has 32 heavy (non-hydrogen) atoms. The fourth-order valence-corrected chi connectivity index (χ4v) is 6.38. The first-order valence-corrected chi connectivity index (χ1v) is 11.6. The van der Waals surface area contributed by atoms with E-state index in [9.17, 15) is 19.8 Å². The van der Waals surface area contributed by atoms with Crippen LogP contribution in [-0.2, 0) is 9.53 Å². The molecule has 0 spiro atoms. The van der Waals surface area contributed by atoms with Crippen LogP contribution in [0.4, 0.5) is 0 Å². The summed E-state index contributed by atoms with van der Waals surface area (Å²) < 4.78 is 6.03. The van der Waals surface area contributed by atoms with Crippen molar-refractivity contribution < 1.29 is 24.5 Å². The molecule has 2 fully saturated rings. The van der Waals surface area contributed by atoms with Gasteiger partial charge in [0.15, 0.2) is 0 Å². The van der Waals surface area contributed by atoms with Crippen molar-refractivity contribution in [1.29, 1.82) is 0 Å². The number of carboxylic acids is 1. The maximum absolute atomic E-state index is 12.9. The molecule has 0 aromatic heterocycles. The van der Waals surface area contributed by atoms with E-state index in [-0.39, 0.29) is 23.9 Å². The molecule has 5 atom stereocenters. The molecule has 2 aliphatic rings. The van der Waals surface area contributed by atoms with E-state index in [4.69, 9.17) is 4.74 Å². The zero-order chi connectivity index (χ0) is 23.5. The number of carbonyl (C=O) groups is 2. The lowest BCUT2D eigenvalue weighted by atomic mass is 9.45. The van der Waals surface area contributed by atoms with Gasteiger partial charge in [0.05, 0.1) is 17.6 Å². The Morgan fingerprint density at radius 1 is 1.22 bits per heavy atom. The lowest BCUT2D eigenvalue weighted by Crippen LogP contribution is -2.59. The Balaban J connectivity index is 1.96. The molecule has 1 aromatic carbocycles. The molecule has 0 heterocycles. The van der Waals surface area contributed by atoms with Crippen molar-refractivity contribution in [1.82, 2.24) is 0 Å². The number of benzene rings is 1. The quantitative estimate of drug-likeness (QED) is 0.438. The van der Waals surface area contributed by atoms with Crippen molar-refractivity contribution >= 4 is 11.9 Å². The van der Waals surface area contributed by atoms with E-state index >= 15 is 0 Å². The number of esters is 1. The van der Waals surface area contributed by atoms with Crippen molar-refractivity contribution in [3.8, 4) is 0 Å². The minimum atomic E-state index is -0.969. The number of rotatable bonds is 7. The predicted molar refractivity (Wildman–Crippen MR) is 124 cm³/mol. The smallest absolute Gasteiger partial charge is 0.338 e. The molecule has 2 saturated carbocycles. The summed E-state index contributed by atoms with van der Waals surface area (Å²) in [6, 6.07) is 8.86. The number of aliphatic hydroxyl groups excluding tert-OH is 1. The SMILES string of the molecule is C=C1C[C@@H](OC(=O)c2ccccc2)C2[C@](C)(C(=O)O)CCC[C@]2(C)[C@@H]1CC/C(C)=C/CO. The molecule has 5 heteroatoms. The van der Waals surface area contributed by atoms with E-state index < -0.39 is 23.5 Å². The summed E-state index contributed by atoms with van der Waals surface area (Å²) in [5, 5.41) is 19.5.